The molecule has 0 aliphatic heterocycles. The summed E-state index contributed by atoms with van der Waals surface area (Å²) in [5.74, 6) is 0.706. The number of carbonyl (C=O) groups is 2. The summed E-state index contributed by atoms with van der Waals surface area (Å²) in [5, 5.41) is 0. The van der Waals surface area contributed by atoms with Crippen LogP contribution >= 0.6 is 0 Å². The first-order chi connectivity index (χ1) is 16.9. The van der Waals surface area contributed by atoms with Gasteiger partial charge in [-0.1, -0.05) is 37.3 Å². The molecule has 1 aromatic heterocycles. The van der Waals surface area contributed by atoms with Crippen LogP contribution in [0.1, 0.15) is 41.9 Å². The third-order valence-electron chi connectivity index (χ3n) is 6.26. The maximum Gasteiger partial charge on any atom is 0.254 e. The second-order valence-electron chi connectivity index (χ2n) is 8.64. The van der Waals surface area contributed by atoms with Crippen LogP contribution in [0, 0.1) is 0 Å². The van der Waals surface area contributed by atoms with E-state index in [9.17, 15) is 9.59 Å². The van der Waals surface area contributed by atoms with E-state index < -0.39 is 0 Å². The van der Waals surface area contributed by atoms with Crippen molar-refractivity contribution in [3.05, 3.63) is 83.7 Å². The van der Waals surface area contributed by atoms with Gasteiger partial charge in [0.1, 0.15) is 18.0 Å². The molecule has 1 heterocycles. The fraction of sp³-hybridized carbons (Fsp3) is 0.357. The molecule has 0 radical (unpaired) electrons. The monoisotopic (exact) mass is 477 g/mol. The second-order valence-corrected chi connectivity index (χ2v) is 8.64. The molecule has 2 aromatic carbocycles. The molecule has 2 amide bonds. The van der Waals surface area contributed by atoms with E-state index in [1.165, 1.54) is 0 Å². The van der Waals surface area contributed by atoms with Crippen LogP contribution in [0.3, 0.4) is 0 Å². The number of hydrogen-bond acceptors (Lipinski definition) is 4. The molecule has 7 nitrogen and oxygen atoms in total. The Morgan fingerprint density at radius 1 is 0.943 bits per heavy atom. The quantitative estimate of drug-likeness (QED) is 0.408. The number of methoxy groups -OCH3 is 2. The van der Waals surface area contributed by atoms with E-state index in [1.54, 1.807) is 42.2 Å². The molecule has 7 heteroatoms. The first-order valence-electron chi connectivity index (χ1n) is 11.8. The van der Waals surface area contributed by atoms with Gasteiger partial charge in [-0.2, -0.15) is 0 Å². The molecule has 1 unspecified atom stereocenters. The highest BCUT2D eigenvalue weighted by atomic mass is 16.5. The van der Waals surface area contributed by atoms with Gasteiger partial charge in [-0.05, 0) is 43.2 Å². The third kappa shape index (κ3) is 6.66. The van der Waals surface area contributed by atoms with Gasteiger partial charge < -0.3 is 23.8 Å². The minimum Gasteiger partial charge on any atom is -0.497 e. The Kier molecular flexibility index (Phi) is 8.95. The van der Waals surface area contributed by atoms with Crippen molar-refractivity contribution in [1.82, 2.24) is 14.4 Å². The SMILES string of the molecule is CCC(C)N(CC(=O)N(Cc1ccccc1)Cc1cccn1C)C(=O)c1cc(OC)cc(OC)c1. The van der Waals surface area contributed by atoms with E-state index in [0.717, 1.165) is 17.7 Å². The molecule has 0 spiro atoms. The highest BCUT2D eigenvalue weighted by Gasteiger charge is 2.27. The molecular formula is C28H35N3O4. The van der Waals surface area contributed by atoms with Crippen molar-refractivity contribution in [2.45, 2.75) is 39.4 Å². The maximum absolute atomic E-state index is 13.7. The summed E-state index contributed by atoms with van der Waals surface area (Å²) in [6, 6.07) is 18.8. The first kappa shape index (κ1) is 25.9. The van der Waals surface area contributed by atoms with E-state index in [2.05, 4.69) is 0 Å². The Hall–Kier alpha value is -3.74. The molecule has 0 N–H and O–H groups in total. The zero-order valence-corrected chi connectivity index (χ0v) is 21.2. The molecule has 0 saturated carbocycles. The molecule has 186 valence electrons. The first-order valence-corrected chi connectivity index (χ1v) is 11.8. The van der Waals surface area contributed by atoms with Gasteiger partial charge in [0.25, 0.3) is 5.91 Å². The van der Waals surface area contributed by atoms with E-state index in [-0.39, 0.29) is 24.4 Å². The molecule has 0 fully saturated rings. The van der Waals surface area contributed by atoms with Crippen molar-refractivity contribution in [1.29, 1.82) is 0 Å². The lowest BCUT2D eigenvalue weighted by atomic mass is 10.1. The number of amides is 2. The number of hydrogen-bond donors (Lipinski definition) is 0. The van der Waals surface area contributed by atoms with Gasteiger partial charge >= 0.3 is 0 Å². The van der Waals surface area contributed by atoms with Crippen molar-refractivity contribution in [2.24, 2.45) is 7.05 Å². The largest absolute Gasteiger partial charge is 0.497 e. The maximum atomic E-state index is 13.7. The minimum atomic E-state index is -0.233. The van der Waals surface area contributed by atoms with E-state index >= 15 is 0 Å². The lowest BCUT2D eigenvalue weighted by Crippen LogP contribution is -2.46. The van der Waals surface area contributed by atoms with Crippen LogP contribution in [0.15, 0.2) is 66.9 Å². The Morgan fingerprint density at radius 3 is 2.14 bits per heavy atom. The smallest absolute Gasteiger partial charge is 0.254 e. The Labute approximate surface area is 207 Å². The highest BCUT2D eigenvalue weighted by molar-refractivity contribution is 5.97. The van der Waals surface area contributed by atoms with Crippen molar-refractivity contribution in [3.63, 3.8) is 0 Å². The molecule has 3 rings (SSSR count). The predicted molar refractivity (Wildman–Crippen MR) is 136 cm³/mol. The van der Waals surface area contributed by atoms with Crippen LogP contribution in [-0.2, 0) is 24.9 Å². The summed E-state index contributed by atoms with van der Waals surface area (Å²) < 4.78 is 12.7. The normalized spacial score (nSPS) is 11.6. The third-order valence-corrected chi connectivity index (χ3v) is 6.26. The molecular weight excluding hydrogens is 442 g/mol. The second kappa shape index (κ2) is 12.1. The number of rotatable bonds is 11. The zero-order valence-electron chi connectivity index (χ0n) is 21.2. The topological polar surface area (TPSA) is 64.0 Å². The molecule has 0 aliphatic rings. The van der Waals surface area contributed by atoms with Gasteiger partial charge in [0.2, 0.25) is 5.91 Å². The summed E-state index contributed by atoms with van der Waals surface area (Å²) >= 11 is 0. The van der Waals surface area contributed by atoms with Crippen molar-refractivity contribution in [2.75, 3.05) is 20.8 Å². The number of aryl methyl sites for hydroxylation is 1. The number of benzene rings is 2. The number of aromatic nitrogens is 1. The molecule has 1 atom stereocenters. The van der Waals surface area contributed by atoms with Crippen LogP contribution < -0.4 is 9.47 Å². The fourth-order valence-electron chi connectivity index (χ4n) is 3.88. The zero-order chi connectivity index (χ0) is 25.4. The molecule has 0 saturated heterocycles. The Balaban J connectivity index is 1.88. The minimum absolute atomic E-state index is 0.0232. The van der Waals surface area contributed by atoms with Crippen molar-refractivity contribution < 1.29 is 19.1 Å². The summed E-state index contributed by atoms with van der Waals surface area (Å²) in [5.41, 5.74) is 2.48. The summed E-state index contributed by atoms with van der Waals surface area (Å²) in [7, 11) is 5.06. The van der Waals surface area contributed by atoms with Gasteiger partial charge in [-0.25, -0.2) is 0 Å². The van der Waals surface area contributed by atoms with Crippen molar-refractivity contribution >= 4 is 11.8 Å². The van der Waals surface area contributed by atoms with E-state index in [0.29, 0.717) is 30.2 Å². The lowest BCUT2D eigenvalue weighted by Gasteiger charge is -2.31. The van der Waals surface area contributed by atoms with Gasteiger partial charge in [-0.3, -0.25) is 9.59 Å². The van der Waals surface area contributed by atoms with Gasteiger partial charge in [-0.15, -0.1) is 0 Å². The van der Waals surface area contributed by atoms with Crippen LogP contribution in [0.2, 0.25) is 0 Å². The number of carbonyl (C=O) groups excluding carboxylic acids is 2. The molecule has 35 heavy (non-hydrogen) atoms. The fourth-order valence-corrected chi connectivity index (χ4v) is 3.88. The summed E-state index contributed by atoms with van der Waals surface area (Å²) in [4.78, 5) is 30.7. The predicted octanol–water partition coefficient (Wildman–Crippen LogP) is 4.51. The van der Waals surface area contributed by atoms with E-state index in [4.69, 9.17) is 9.47 Å². The Bertz CT molecular complexity index is 1100. The summed E-state index contributed by atoms with van der Waals surface area (Å²) in [6.07, 6.45) is 2.68. The number of nitrogens with zero attached hydrogens (tertiary/aromatic N) is 3. The van der Waals surface area contributed by atoms with Gasteiger partial charge in [0.15, 0.2) is 0 Å². The average molecular weight is 478 g/mol. The van der Waals surface area contributed by atoms with Gasteiger partial charge in [0, 0.05) is 43.2 Å². The van der Waals surface area contributed by atoms with Crippen molar-refractivity contribution in [3.8, 4) is 11.5 Å². The summed E-state index contributed by atoms with van der Waals surface area (Å²) in [6.45, 7) is 4.85. The van der Waals surface area contributed by atoms with Gasteiger partial charge in [0.05, 0.1) is 20.8 Å². The van der Waals surface area contributed by atoms with E-state index in [1.807, 2.05) is 74.1 Å². The molecule has 0 bridgehead atoms. The van der Waals surface area contributed by atoms with Crippen LogP contribution in [-0.4, -0.2) is 53.0 Å². The Morgan fingerprint density at radius 2 is 1.60 bits per heavy atom. The van der Waals surface area contributed by atoms with Crippen LogP contribution in [0.4, 0.5) is 0 Å². The standard InChI is InChI=1S/C28H35N3O4/c1-6-21(2)31(28(33)23-15-25(34-4)17-26(16-23)35-5)20-27(32)30(18-22-11-8-7-9-12-22)19-24-13-10-14-29(24)3/h7-17,21H,6,18-20H2,1-5H3. The highest BCUT2D eigenvalue weighted by Crippen LogP contribution is 2.24. The molecule has 3 aromatic rings. The molecule has 0 aliphatic carbocycles. The number of ether oxygens (including phenoxy) is 2. The lowest BCUT2D eigenvalue weighted by molar-refractivity contribution is -0.133. The van der Waals surface area contributed by atoms with Crippen LogP contribution in [0.5, 0.6) is 11.5 Å². The average Bonchev–Trinajstić information content (AvgIpc) is 3.30. The van der Waals surface area contributed by atoms with Crippen LogP contribution in [0.25, 0.3) is 0 Å².